The summed E-state index contributed by atoms with van der Waals surface area (Å²) in [6, 6.07) is 18.1. The van der Waals surface area contributed by atoms with Crippen LogP contribution in [0.1, 0.15) is 17.9 Å². The third-order valence-corrected chi connectivity index (χ3v) is 3.42. The average molecular weight is 285 g/mol. The smallest absolute Gasteiger partial charge is 0.404 e. The van der Waals surface area contributed by atoms with E-state index in [1.54, 1.807) is 0 Å². The number of carbonyl (C=O) groups is 1. The molecule has 0 aromatic heterocycles. The number of hydrogen-bond acceptors (Lipinski definition) is 3. The number of aliphatic hydroxyl groups excluding tert-OH is 1. The molecule has 1 unspecified atom stereocenters. The number of hydrogen-bond donors (Lipinski definition) is 2. The molecule has 110 valence electrons. The monoisotopic (exact) mass is 285 g/mol. The van der Waals surface area contributed by atoms with Gasteiger partial charge in [-0.2, -0.15) is 0 Å². The van der Waals surface area contributed by atoms with Crippen LogP contribution in [0.25, 0.3) is 11.1 Å². The van der Waals surface area contributed by atoms with Gasteiger partial charge in [-0.25, -0.2) is 4.79 Å². The Balaban J connectivity index is 2.04. The van der Waals surface area contributed by atoms with E-state index in [0.29, 0.717) is 6.42 Å². The number of ether oxygens (including phenoxy) is 1. The van der Waals surface area contributed by atoms with Crippen LogP contribution in [0, 0.1) is 0 Å². The summed E-state index contributed by atoms with van der Waals surface area (Å²) in [5.74, 6) is -0.0610. The Labute approximate surface area is 124 Å². The summed E-state index contributed by atoms with van der Waals surface area (Å²) >= 11 is 0. The Morgan fingerprint density at radius 2 is 1.67 bits per heavy atom. The first-order chi connectivity index (χ1) is 10.2. The van der Waals surface area contributed by atoms with Gasteiger partial charge in [0.25, 0.3) is 0 Å². The third-order valence-electron chi connectivity index (χ3n) is 3.42. The molecule has 3 N–H and O–H groups in total. The van der Waals surface area contributed by atoms with Gasteiger partial charge in [-0.1, -0.05) is 54.6 Å². The van der Waals surface area contributed by atoms with Crippen molar-refractivity contribution in [2.24, 2.45) is 5.73 Å². The van der Waals surface area contributed by atoms with Crippen LogP contribution in [-0.2, 0) is 4.74 Å². The zero-order valence-corrected chi connectivity index (χ0v) is 11.7. The number of benzene rings is 2. The highest BCUT2D eigenvalue weighted by atomic mass is 16.5. The van der Waals surface area contributed by atoms with E-state index in [1.807, 2.05) is 42.5 Å². The van der Waals surface area contributed by atoms with Crippen LogP contribution in [-0.4, -0.2) is 24.4 Å². The molecule has 1 atom stereocenters. The first-order valence-corrected chi connectivity index (χ1v) is 6.89. The second-order valence-electron chi connectivity index (χ2n) is 4.82. The molecule has 2 rings (SSSR count). The molecule has 2 aromatic rings. The summed E-state index contributed by atoms with van der Waals surface area (Å²) < 4.78 is 4.72. The van der Waals surface area contributed by atoms with E-state index >= 15 is 0 Å². The molecule has 0 spiro atoms. The van der Waals surface area contributed by atoms with Crippen LogP contribution in [0.4, 0.5) is 4.79 Å². The average Bonchev–Trinajstić information content (AvgIpc) is 2.52. The van der Waals surface area contributed by atoms with Gasteiger partial charge in [0.1, 0.15) is 0 Å². The molecule has 0 bridgehead atoms. The van der Waals surface area contributed by atoms with Crippen LogP contribution in [0.2, 0.25) is 0 Å². The molecule has 0 heterocycles. The standard InChI is InChI=1S/C17H19NO3/c18-17(20)21-11-10-16(12-19)15-8-6-14(7-9-15)13-4-2-1-3-5-13/h1-9,16,19H,10-12H2,(H2,18,20). The van der Waals surface area contributed by atoms with E-state index in [0.717, 1.165) is 16.7 Å². The van der Waals surface area contributed by atoms with E-state index in [4.69, 9.17) is 10.5 Å². The van der Waals surface area contributed by atoms with E-state index in [9.17, 15) is 9.90 Å². The van der Waals surface area contributed by atoms with Gasteiger partial charge in [-0.15, -0.1) is 0 Å². The van der Waals surface area contributed by atoms with Crippen molar-refractivity contribution < 1.29 is 14.6 Å². The highest BCUT2D eigenvalue weighted by Crippen LogP contribution is 2.24. The number of rotatable bonds is 6. The lowest BCUT2D eigenvalue weighted by molar-refractivity contribution is 0.146. The van der Waals surface area contributed by atoms with Crippen molar-refractivity contribution >= 4 is 6.09 Å². The highest BCUT2D eigenvalue weighted by Gasteiger charge is 2.11. The minimum Gasteiger partial charge on any atom is -0.450 e. The second-order valence-corrected chi connectivity index (χ2v) is 4.82. The van der Waals surface area contributed by atoms with Gasteiger partial charge in [0.05, 0.1) is 13.2 Å². The van der Waals surface area contributed by atoms with Crippen LogP contribution in [0.3, 0.4) is 0 Å². The molecular weight excluding hydrogens is 266 g/mol. The van der Waals surface area contributed by atoms with E-state index in [2.05, 4.69) is 12.1 Å². The Morgan fingerprint density at radius 1 is 1.05 bits per heavy atom. The first kappa shape index (κ1) is 15.1. The van der Waals surface area contributed by atoms with Crippen LogP contribution in [0.5, 0.6) is 0 Å². The topological polar surface area (TPSA) is 72.6 Å². The van der Waals surface area contributed by atoms with E-state index < -0.39 is 6.09 Å². The molecular formula is C17H19NO3. The molecule has 0 aliphatic rings. The summed E-state index contributed by atoms with van der Waals surface area (Å²) in [6.45, 7) is 0.216. The predicted octanol–water partition coefficient (Wildman–Crippen LogP) is 2.91. The van der Waals surface area contributed by atoms with E-state index in [-0.39, 0.29) is 19.1 Å². The number of carbonyl (C=O) groups excluding carboxylic acids is 1. The SMILES string of the molecule is NC(=O)OCCC(CO)c1ccc(-c2ccccc2)cc1. The lowest BCUT2D eigenvalue weighted by Gasteiger charge is -2.15. The molecule has 1 amide bonds. The summed E-state index contributed by atoms with van der Waals surface area (Å²) in [7, 11) is 0. The zero-order valence-electron chi connectivity index (χ0n) is 11.7. The maximum absolute atomic E-state index is 10.5. The van der Waals surface area contributed by atoms with Crippen molar-refractivity contribution in [3.63, 3.8) is 0 Å². The Hall–Kier alpha value is -2.33. The molecule has 2 aromatic carbocycles. The second kappa shape index (κ2) is 7.45. The maximum Gasteiger partial charge on any atom is 0.404 e. The predicted molar refractivity (Wildman–Crippen MR) is 81.9 cm³/mol. The van der Waals surface area contributed by atoms with Crippen LogP contribution in [0.15, 0.2) is 54.6 Å². The van der Waals surface area contributed by atoms with Crippen molar-refractivity contribution in [1.82, 2.24) is 0 Å². The Morgan fingerprint density at radius 3 is 2.24 bits per heavy atom. The minimum absolute atomic E-state index is 0.00675. The fourth-order valence-electron chi connectivity index (χ4n) is 2.24. The summed E-state index contributed by atoms with van der Waals surface area (Å²) in [6.07, 6.45) is -0.240. The van der Waals surface area contributed by atoms with Crippen LogP contribution < -0.4 is 5.73 Å². The molecule has 0 aliphatic heterocycles. The molecule has 21 heavy (non-hydrogen) atoms. The summed E-state index contributed by atoms with van der Waals surface area (Å²) in [5.41, 5.74) is 8.22. The molecule has 0 saturated carbocycles. The Bertz CT molecular complexity index is 566. The van der Waals surface area contributed by atoms with Gasteiger partial charge in [-0.05, 0) is 23.1 Å². The Kier molecular flexibility index (Phi) is 5.35. The maximum atomic E-state index is 10.5. The van der Waals surface area contributed by atoms with Crippen molar-refractivity contribution in [3.05, 3.63) is 60.2 Å². The van der Waals surface area contributed by atoms with Crippen LogP contribution >= 0.6 is 0 Å². The molecule has 0 aliphatic carbocycles. The highest BCUT2D eigenvalue weighted by molar-refractivity contribution is 5.64. The van der Waals surface area contributed by atoms with Crippen molar-refractivity contribution in [2.75, 3.05) is 13.2 Å². The van der Waals surface area contributed by atoms with E-state index in [1.165, 1.54) is 0 Å². The van der Waals surface area contributed by atoms with Crippen molar-refractivity contribution in [2.45, 2.75) is 12.3 Å². The molecule has 4 heteroatoms. The number of nitrogens with two attached hydrogens (primary N) is 1. The molecule has 0 fully saturated rings. The van der Waals surface area contributed by atoms with Gasteiger partial charge >= 0.3 is 6.09 Å². The quantitative estimate of drug-likeness (QED) is 0.857. The molecule has 0 radical (unpaired) electrons. The van der Waals surface area contributed by atoms with Crippen molar-refractivity contribution in [3.8, 4) is 11.1 Å². The van der Waals surface area contributed by atoms with Gasteiger partial charge < -0.3 is 15.6 Å². The largest absolute Gasteiger partial charge is 0.450 e. The zero-order chi connectivity index (χ0) is 15.1. The third kappa shape index (κ3) is 4.33. The fourth-order valence-corrected chi connectivity index (χ4v) is 2.24. The normalized spacial score (nSPS) is 11.9. The number of primary amides is 1. The lowest BCUT2D eigenvalue weighted by atomic mass is 9.94. The lowest BCUT2D eigenvalue weighted by Crippen LogP contribution is -2.16. The van der Waals surface area contributed by atoms with Gasteiger partial charge in [0.2, 0.25) is 0 Å². The minimum atomic E-state index is -0.786. The summed E-state index contributed by atoms with van der Waals surface area (Å²) in [5, 5.41) is 9.46. The van der Waals surface area contributed by atoms with Crippen molar-refractivity contribution in [1.29, 1.82) is 0 Å². The van der Waals surface area contributed by atoms with Gasteiger partial charge in [0.15, 0.2) is 0 Å². The molecule has 4 nitrogen and oxygen atoms in total. The number of amides is 1. The van der Waals surface area contributed by atoms with Gasteiger partial charge in [-0.3, -0.25) is 0 Å². The number of aliphatic hydroxyl groups is 1. The fraction of sp³-hybridized carbons (Fsp3) is 0.235. The summed E-state index contributed by atoms with van der Waals surface area (Å²) in [4.78, 5) is 10.5. The first-order valence-electron chi connectivity index (χ1n) is 6.89. The molecule has 0 saturated heterocycles. The van der Waals surface area contributed by atoms with Gasteiger partial charge in [0, 0.05) is 5.92 Å².